The molecule has 0 fully saturated rings. The summed E-state index contributed by atoms with van der Waals surface area (Å²) < 4.78 is 0. The summed E-state index contributed by atoms with van der Waals surface area (Å²) in [5.41, 5.74) is 3.12. The summed E-state index contributed by atoms with van der Waals surface area (Å²) in [5.74, 6) is 0. The highest BCUT2D eigenvalue weighted by atomic mass is 14.8. The van der Waals surface area contributed by atoms with Crippen molar-refractivity contribution < 1.29 is 0 Å². The van der Waals surface area contributed by atoms with E-state index in [0.29, 0.717) is 0 Å². The second-order valence-corrected chi connectivity index (χ2v) is 3.36. The maximum absolute atomic E-state index is 4.26. The van der Waals surface area contributed by atoms with Gasteiger partial charge in [0.05, 0.1) is 0 Å². The summed E-state index contributed by atoms with van der Waals surface area (Å²) in [6.45, 7) is 0. The third kappa shape index (κ3) is 1.38. The van der Waals surface area contributed by atoms with Gasteiger partial charge in [-0.1, -0.05) is 0 Å². The molecule has 3 rings (SSSR count). The van der Waals surface area contributed by atoms with E-state index in [1.807, 2.05) is 24.3 Å². The Balaban J connectivity index is 2.21. The summed E-state index contributed by atoms with van der Waals surface area (Å²) in [6.07, 6.45) is 5.36. The van der Waals surface area contributed by atoms with Crippen molar-refractivity contribution in [2.75, 3.05) is 0 Å². The minimum absolute atomic E-state index is 0.921. The number of hydrogen-bond donors (Lipinski definition) is 1. The number of nitrogens with zero attached hydrogens (tertiary/aromatic N) is 2. The maximum atomic E-state index is 4.26. The molecule has 3 aromatic heterocycles. The fourth-order valence-electron chi connectivity index (χ4n) is 1.64. The molecule has 3 nitrogen and oxygen atoms in total. The molecule has 0 aliphatic rings. The molecule has 1 N–H and O–H groups in total. The first-order valence-corrected chi connectivity index (χ1v) is 4.77. The monoisotopic (exact) mass is 195 g/mol. The topological polar surface area (TPSA) is 41.6 Å². The summed E-state index contributed by atoms with van der Waals surface area (Å²) >= 11 is 0. The van der Waals surface area contributed by atoms with Crippen LogP contribution in [0.1, 0.15) is 0 Å². The van der Waals surface area contributed by atoms with Gasteiger partial charge in [0, 0.05) is 35.2 Å². The molecule has 15 heavy (non-hydrogen) atoms. The van der Waals surface area contributed by atoms with Crippen LogP contribution in [0.2, 0.25) is 0 Å². The van der Waals surface area contributed by atoms with E-state index in [1.54, 1.807) is 18.6 Å². The molecule has 3 heteroatoms. The molecule has 0 aliphatic heterocycles. The molecule has 0 bridgehead atoms. The Hall–Kier alpha value is -2.16. The predicted octanol–water partition coefficient (Wildman–Crippen LogP) is 2.62. The Morgan fingerprint density at radius 2 is 1.87 bits per heavy atom. The van der Waals surface area contributed by atoms with E-state index in [0.717, 1.165) is 22.3 Å². The van der Waals surface area contributed by atoms with Crippen LogP contribution in [-0.2, 0) is 0 Å². The molecule has 3 heterocycles. The summed E-state index contributed by atoms with van der Waals surface area (Å²) in [4.78, 5) is 11.5. The lowest BCUT2D eigenvalue weighted by Gasteiger charge is -1.94. The molecule has 0 radical (unpaired) electrons. The molecule has 0 aromatic carbocycles. The molecule has 0 atom stereocenters. The number of nitrogens with one attached hydrogen (secondary N) is 1. The summed E-state index contributed by atoms with van der Waals surface area (Å²) in [5, 5.41) is 1.13. The van der Waals surface area contributed by atoms with E-state index in [1.165, 1.54) is 0 Å². The minimum Gasteiger partial charge on any atom is -0.339 e. The first-order valence-electron chi connectivity index (χ1n) is 4.77. The number of fused-ring (bicyclic) bond motifs is 1. The van der Waals surface area contributed by atoms with Gasteiger partial charge >= 0.3 is 0 Å². The van der Waals surface area contributed by atoms with Gasteiger partial charge in [-0.2, -0.15) is 0 Å². The first-order chi connectivity index (χ1) is 7.43. The Morgan fingerprint density at radius 1 is 1.00 bits per heavy atom. The highest BCUT2D eigenvalue weighted by Crippen LogP contribution is 2.21. The van der Waals surface area contributed by atoms with E-state index in [-0.39, 0.29) is 0 Å². The number of H-pyrrole nitrogens is 1. The van der Waals surface area contributed by atoms with Crippen LogP contribution < -0.4 is 0 Å². The number of hydrogen-bond acceptors (Lipinski definition) is 2. The van der Waals surface area contributed by atoms with E-state index < -0.39 is 0 Å². The molecule has 0 spiro atoms. The molecule has 0 saturated carbocycles. The summed E-state index contributed by atoms with van der Waals surface area (Å²) in [6, 6.07) is 10.0. The number of pyridine rings is 2. The van der Waals surface area contributed by atoms with Crippen molar-refractivity contribution in [1.82, 2.24) is 15.0 Å². The lowest BCUT2D eigenvalue weighted by molar-refractivity contribution is 1.30. The molecule has 0 aliphatic carbocycles. The van der Waals surface area contributed by atoms with Gasteiger partial charge in [-0.15, -0.1) is 0 Å². The van der Waals surface area contributed by atoms with Crippen LogP contribution in [0.3, 0.4) is 0 Å². The minimum atomic E-state index is 0.921. The summed E-state index contributed by atoms with van der Waals surface area (Å²) in [7, 11) is 0. The Bertz CT molecular complexity index is 551. The van der Waals surface area contributed by atoms with E-state index in [9.17, 15) is 0 Å². The Morgan fingerprint density at radius 3 is 2.67 bits per heavy atom. The fraction of sp³-hybridized carbons (Fsp3) is 0. The van der Waals surface area contributed by atoms with Crippen LogP contribution in [0.25, 0.3) is 22.3 Å². The van der Waals surface area contributed by atoms with Crippen LogP contribution in [0.5, 0.6) is 0 Å². The lowest BCUT2D eigenvalue weighted by atomic mass is 10.2. The van der Waals surface area contributed by atoms with Crippen molar-refractivity contribution in [3.8, 4) is 11.3 Å². The van der Waals surface area contributed by atoms with Crippen LogP contribution in [0, 0.1) is 0 Å². The second-order valence-electron chi connectivity index (χ2n) is 3.36. The molecular weight excluding hydrogens is 186 g/mol. The Labute approximate surface area is 86.8 Å². The number of rotatable bonds is 1. The van der Waals surface area contributed by atoms with E-state index >= 15 is 0 Å². The van der Waals surface area contributed by atoms with E-state index in [2.05, 4.69) is 21.0 Å². The zero-order valence-electron chi connectivity index (χ0n) is 8.01. The van der Waals surface area contributed by atoms with Gasteiger partial charge in [-0.3, -0.25) is 4.98 Å². The Kier molecular flexibility index (Phi) is 1.75. The molecule has 0 unspecified atom stereocenters. The van der Waals surface area contributed by atoms with Crippen LogP contribution in [0.4, 0.5) is 0 Å². The molecule has 0 saturated heterocycles. The number of aromatic nitrogens is 3. The number of aromatic amines is 1. The van der Waals surface area contributed by atoms with Gasteiger partial charge in [-0.05, 0) is 30.3 Å². The maximum Gasteiger partial charge on any atom is 0.137 e. The van der Waals surface area contributed by atoms with E-state index in [4.69, 9.17) is 0 Å². The third-order valence-corrected chi connectivity index (χ3v) is 2.38. The average molecular weight is 195 g/mol. The van der Waals surface area contributed by atoms with Crippen molar-refractivity contribution in [1.29, 1.82) is 0 Å². The largest absolute Gasteiger partial charge is 0.339 e. The second kappa shape index (κ2) is 3.20. The van der Waals surface area contributed by atoms with Crippen molar-refractivity contribution in [2.24, 2.45) is 0 Å². The smallest absolute Gasteiger partial charge is 0.137 e. The van der Waals surface area contributed by atoms with Gasteiger partial charge in [0.15, 0.2) is 0 Å². The van der Waals surface area contributed by atoms with Crippen LogP contribution in [0.15, 0.2) is 48.9 Å². The highest BCUT2D eigenvalue weighted by molar-refractivity contribution is 5.82. The van der Waals surface area contributed by atoms with Crippen molar-refractivity contribution >= 4 is 11.0 Å². The van der Waals surface area contributed by atoms with Gasteiger partial charge in [-0.25, -0.2) is 4.98 Å². The molecular formula is C12H9N3. The van der Waals surface area contributed by atoms with Crippen molar-refractivity contribution in [2.45, 2.75) is 0 Å². The predicted molar refractivity (Wildman–Crippen MR) is 59.3 cm³/mol. The standard InChI is InChI=1S/C12H9N3/c1-2-10-8-11(15-12(10)14-5-1)9-3-6-13-7-4-9/h1-8H,(H,14,15). The molecule has 72 valence electrons. The quantitative estimate of drug-likeness (QED) is 0.648. The third-order valence-electron chi connectivity index (χ3n) is 2.38. The van der Waals surface area contributed by atoms with Crippen LogP contribution >= 0.6 is 0 Å². The van der Waals surface area contributed by atoms with Crippen molar-refractivity contribution in [3.63, 3.8) is 0 Å². The zero-order chi connectivity index (χ0) is 10.1. The lowest BCUT2D eigenvalue weighted by Crippen LogP contribution is -1.77. The normalized spacial score (nSPS) is 10.7. The van der Waals surface area contributed by atoms with Crippen molar-refractivity contribution in [3.05, 3.63) is 48.9 Å². The fourth-order valence-corrected chi connectivity index (χ4v) is 1.64. The van der Waals surface area contributed by atoms with Gasteiger partial charge in [0.25, 0.3) is 0 Å². The van der Waals surface area contributed by atoms with Crippen LogP contribution in [-0.4, -0.2) is 15.0 Å². The zero-order valence-corrected chi connectivity index (χ0v) is 8.01. The average Bonchev–Trinajstić information content (AvgIpc) is 2.74. The molecule has 0 amide bonds. The molecule has 3 aromatic rings. The van der Waals surface area contributed by atoms with Gasteiger partial charge in [0.1, 0.15) is 5.65 Å². The first kappa shape index (κ1) is 8.17. The highest BCUT2D eigenvalue weighted by Gasteiger charge is 2.02. The van der Waals surface area contributed by atoms with Gasteiger partial charge in [0.2, 0.25) is 0 Å². The SMILES string of the molecule is c1cnc2[nH]c(-c3ccncc3)cc2c1. The van der Waals surface area contributed by atoms with Gasteiger partial charge < -0.3 is 4.98 Å².